The van der Waals surface area contributed by atoms with Gasteiger partial charge >= 0.3 is 5.97 Å². The molecule has 0 amide bonds. The third kappa shape index (κ3) is 2.05. The van der Waals surface area contributed by atoms with Crippen molar-refractivity contribution in [1.29, 1.82) is 0 Å². The van der Waals surface area contributed by atoms with E-state index in [1.165, 1.54) is 0 Å². The summed E-state index contributed by atoms with van der Waals surface area (Å²) < 4.78 is 6.68. The lowest BCUT2D eigenvalue weighted by molar-refractivity contribution is 0.0518. The van der Waals surface area contributed by atoms with Gasteiger partial charge in [0.1, 0.15) is 0 Å². The van der Waals surface area contributed by atoms with E-state index < -0.39 is 5.97 Å². The van der Waals surface area contributed by atoms with Crippen LogP contribution in [0.1, 0.15) is 29.5 Å². The number of rotatable bonds is 2. The maximum atomic E-state index is 11.6. The van der Waals surface area contributed by atoms with Crippen molar-refractivity contribution in [2.75, 3.05) is 13.2 Å². The van der Waals surface area contributed by atoms with Crippen LogP contribution in [0, 0.1) is 0 Å². The van der Waals surface area contributed by atoms with Gasteiger partial charge in [-0.05, 0) is 19.9 Å². The van der Waals surface area contributed by atoms with Gasteiger partial charge in [0.2, 0.25) is 0 Å². The first-order valence-electron chi connectivity index (χ1n) is 5.37. The molecule has 2 heterocycles. The monoisotopic (exact) mass is 243 g/mol. The van der Waals surface area contributed by atoms with Crippen molar-refractivity contribution < 1.29 is 9.53 Å². The Kier molecular flexibility index (Phi) is 3.46. The first-order chi connectivity index (χ1) is 7.74. The predicted molar refractivity (Wildman–Crippen MR) is 59.5 cm³/mol. The number of carbonyl (C=O) groups excluding carboxylic acids is 1. The number of nitrogens with zero attached hydrogens (tertiary/aromatic N) is 2. The molecule has 2 rings (SSSR count). The highest BCUT2D eigenvalue weighted by molar-refractivity contribution is 6.34. The fourth-order valence-corrected chi connectivity index (χ4v) is 2.00. The summed E-state index contributed by atoms with van der Waals surface area (Å²) in [5.41, 5.74) is 1.09. The Morgan fingerprint density at radius 1 is 1.69 bits per heavy atom. The smallest absolute Gasteiger partial charge is 0.360 e. The molecule has 0 spiro atoms. The molecule has 16 heavy (non-hydrogen) atoms. The van der Waals surface area contributed by atoms with Crippen LogP contribution in [-0.4, -0.2) is 28.9 Å². The second kappa shape index (κ2) is 4.84. The Hall–Kier alpha value is -1.07. The van der Waals surface area contributed by atoms with Gasteiger partial charge in [0.05, 0.1) is 17.3 Å². The molecule has 5 nitrogen and oxygen atoms in total. The first kappa shape index (κ1) is 11.4. The lowest BCUT2D eigenvalue weighted by Gasteiger charge is -1.99. The Balaban J connectivity index is 2.31. The molecule has 6 heteroatoms. The van der Waals surface area contributed by atoms with Crippen LogP contribution in [-0.2, 0) is 17.8 Å². The van der Waals surface area contributed by atoms with Gasteiger partial charge in [-0.2, -0.15) is 5.10 Å². The van der Waals surface area contributed by atoms with Crippen LogP contribution in [0.25, 0.3) is 0 Å². The summed E-state index contributed by atoms with van der Waals surface area (Å²) >= 11 is 6.12. The minimum Gasteiger partial charge on any atom is -0.461 e. The fraction of sp³-hybridized carbons (Fsp3) is 0.600. The van der Waals surface area contributed by atoms with Crippen LogP contribution < -0.4 is 5.32 Å². The molecule has 0 atom stereocenters. The lowest BCUT2D eigenvalue weighted by atomic mass is 10.3. The van der Waals surface area contributed by atoms with Gasteiger partial charge in [-0.25, -0.2) is 4.79 Å². The molecule has 0 aromatic carbocycles. The third-order valence-corrected chi connectivity index (χ3v) is 2.88. The molecule has 0 bridgehead atoms. The molecule has 0 unspecified atom stereocenters. The van der Waals surface area contributed by atoms with Crippen molar-refractivity contribution in [3.05, 3.63) is 16.4 Å². The Labute approximate surface area is 98.7 Å². The average molecular weight is 244 g/mol. The highest BCUT2D eigenvalue weighted by Gasteiger charge is 2.23. The molecule has 1 aromatic rings. The van der Waals surface area contributed by atoms with E-state index in [0.717, 1.165) is 25.2 Å². The largest absolute Gasteiger partial charge is 0.461 e. The summed E-state index contributed by atoms with van der Waals surface area (Å²) in [4.78, 5) is 11.6. The second-order valence-electron chi connectivity index (χ2n) is 3.58. The number of aryl methyl sites for hydroxylation is 1. The quantitative estimate of drug-likeness (QED) is 0.794. The Morgan fingerprint density at radius 3 is 3.25 bits per heavy atom. The maximum Gasteiger partial charge on any atom is 0.360 e. The Morgan fingerprint density at radius 2 is 2.50 bits per heavy atom. The highest BCUT2D eigenvalue weighted by atomic mass is 35.5. The molecular formula is C10H14ClN3O2. The van der Waals surface area contributed by atoms with Crippen LogP contribution in [0.3, 0.4) is 0 Å². The van der Waals surface area contributed by atoms with E-state index in [2.05, 4.69) is 10.4 Å². The topological polar surface area (TPSA) is 56.1 Å². The number of ether oxygens (including phenoxy) is 1. The van der Waals surface area contributed by atoms with Crippen molar-refractivity contribution in [3.63, 3.8) is 0 Å². The summed E-state index contributed by atoms with van der Waals surface area (Å²) in [5, 5.41) is 7.84. The van der Waals surface area contributed by atoms with Crippen LogP contribution in [0.5, 0.6) is 0 Å². The summed E-state index contributed by atoms with van der Waals surface area (Å²) in [6.45, 7) is 4.45. The second-order valence-corrected chi connectivity index (χ2v) is 3.96. The van der Waals surface area contributed by atoms with E-state index >= 15 is 0 Å². The van der Waals surface area contributed by atoms with E-state index in [0.29, 0.717) is 18.2 Å². The maximum absolute atomic E-state index is 11.6. The number of halogens is 1. The average Bonchev–Trinajstić information content (AvgIpc) is 2.47. The predicted octanol–water partition coefficient (Wildman–Crippen LogP) is 1.21. The minimum atomic E-state index is -0.451. The van der Waals surface area contributed by atoms with E-state index in [9.17, 15) is 4.79 Å². The summed E-state index contributed by atoms with van der Waals surface area (Å²) in [6, 6.07) is 0. The zero-order valence-electron chi connectivity index (χ0n) is 9.12. The van der Waals surface area contributed by atoms with E-state index in [1.807, 2.05) is 0 Å². The molecule has 0 fully saturated rings. The molecule has 1 N–H and O–H groups in total. The summed E-state index contributed by atoms with van der Waals surface area (Å²) in [7, 11) is 0. The van der Waals surface area contributed by atoms with Crippen molar-refractivity contribution >= 4 is 17.6 Å². The SMILES string of the molecule is CCOC(=O)c1nn2c(c1Cl)CNCCC2. The number of hydrogen-bond acceptors (Lipinski definition) is 4. The van der Waals surface area contributed by atoms with Gasteiger partial charge in [-0.15, -0.1) is 0 Å². The number of fused-ring (bicyclic) bond motifs is 1. The van der Waals surface area contributed by atoms with Crippen LogP contribution in [0.4, 0.5) is 0 Å². The summed E-state index contributed by atoms with van der Waals surface area (Å²) in [6.07, 6.45) is 0.979. The fourth-order valence-electron chi connectivity index (χ4n) is 1.72. The van der Waals surface area contributed by atoms with Gasteiger partial charge in [0.25, 0.3) is 0 Å². The molecule has 0 saturated carbocycles. The van der Waals surface area contributed by atoms with Gasteiger partial charge in [0.15, 0.2) is 5.69 Å². The molecule has 88 valence electrons. The number of aromatic nitrogens is 2. The molecular weight excluding hydrogens is 230 g/mol. The molecule has 0 radical (unpaired) electrons. The number of carbonyl (C=O) groups is 1. The van der Waals surface area contributed by atoms with Gasteiger partial charge in [0, 0.05) is 13.1 Å². The van der Waals surface area contributed by atoms with Crippen LogP contribution in [0.2, 0.25) is 5.02 Å². The van der Waals surface area contributed by atoms with Crippen molar-refractivity contribution in [1.82, 2.24) is 15.1 Å². The zero-order valence-corrected chi connectivity index (χ0v) is 9.88. The number of nitrogens with one attached hydrogen (secondary N) is 1. The highest BCUT2D eigenvalue weighted by Crippen LogP contribution is 2.23. The van der Waals surface area contributed by atoms with Crippen LogP contribution in [0.15, 0.2) is 0 Å². The molecule has 1 aliphatic heterocycles. The third-order valence-electron chi connectivity index (χ3n) is 2.48. The normalized spacial score (nSPS) is 15.4. The molecule has 0 saturated heterocycles. The van der Waals surface area contributed by atoms with Gasteiger partial charge in [-0.3, -0.25) is 4.68 Å². The zero-order chi connectivity index (χ0) is 11.5. The molecule has 0 aliphatic carbocycles. The van der Waals surface area contributed by atoms with E-state index in [1.54, 1.807) is 11.6 Å². The van der Waals surface area contributed by atoms with Gasteiger partial charge < -0.3 is 10.1 Å². The molecule has 1 aliphatic rings. The first-order valence-corrected chi connectivity index (χ1v) is 5.75. The lowest BCUT2D eigenvalue weighted by Crippen LogP contribution is -2.12. The van der Waals surface area contributed by atoms with E-state index in [-0.39, 0.29) is 5.69 Å². The van der Waals surface area contributed by atoms with Crippen molar-refractivity contribution in [3.8, 4) is 0 Å². The van der Waals surface area contributed by atoms with Crippen LogP contribution >= 0.6 is 11.6 Å². The number of hydrogen-bond donors (Lipinski definition) is 1. The standard InChI is InChI=1S/C10H14ClN3O2/c1-2-16-10(15)9-8(11)7-6-12-4-3-5-14(7)13-9/h12H,2-6H2,1H3. The number of esters is 1. The van der Waals surface area contributed by atoms with Crippen molar-refractivity contribution in [2.45, 2.75) is 26.4 Å². The summed E-state index contributed by atoms with van der Waals surface area (Å²) in [5.74, 6) is -0.451. The minimum absolute atomic E-state index is 0.224. The molecule has 1 aromatic heterocycles. The Bertz CT molecular complexity index is 403. The van der Waals surface area contributed by atoms with E-state index in [4.69, 9.17) is 16.3 Å². The van der Waals surface area contributed by atoms with Gasteiger partial charge in [-0.1, -0.05) is 11.6 Å². The van der Waals surface area contributed by atoms with Crippen molar-refractivity contribution in [2.24, 2.45) is 0 Å².